The molecular weight excluding hydrogens is 236 g/mol. The van der Waals surface area contributed by atoms with E-state index in [2.05, 4.69) is 27.7 Å². The van der Waals surface area contributed by atoms with E-state index >= 15 is 0 Å². The van der Waals surface area contributed by atoms with Gasteiger partial charge in [-0.05, 0) is 37.8 Å². The summed E-state index contributed by atoms with van der Waals surface area (Å²) in [6.07, 6.45) is 1.24. The van der Waals surface area contributed by atoms with Gasteiger partial charge >= 0.3 is 0 Å². The monoisotopic (exact) mass is 262 g/mol. The van der Waals surface area contributed by atoms with Gasteiger partial charge in [0.25, 0.3) is 0 Å². The molecule has 0 bridgehead atoms. The molecule has 19 heavy (non-hydrogen) atoms. The van der Waals surface area contributed by atoms with E-state index in [9.17, 15) is 4.79 Å². The van der Waals surface area contributed by atoms with Crippen LogP contribution in [0.25, 0.3) is 0 Å². The highest BCUT2D eigenvalue weighted by Gasteiger charge is 2.17. The highest BCUT2D eigenvalue weighted by atomic mass is 16.2. The SMILES string of the molecule is CC(C)CN(C(=O)CCc1ccccc1N)C(C)C. The number of anilines is 1. The number of hydrogen-bond acceptors (Lipinski definition) is 2. The Morgan fingerprint density at radius 1 is 1.21 bits per heavy atom. The minimum atomic E-state index is 0.215. The van der Waals surface area contributed by atoms with Crippen molar-refractivity contribution in [3.63, 3.8) is 0 Å². The van der Waals surface area contributed by atoms with Crippen LogP contribution in [0.1, 0.15) is 39.7 Å². The van der Waals surface area contributed by atoms with Crippen molar-refractivity contribution in [3.05, 3.63) is 29.8 Å². The molecule has 1 aromatic carbocycles. The van der Waals surface area contributed by atoms with Gasteiger partial charge in [-0.15, -0.1) is 0 Å². The normalized spacial score (nSPS) is 11.1. The molecule has 1 aromatic rings. The van der Waals surface area contributed by atoms with Crippen LogP contribution in [0, 0.1) is 5.92 Å². The van der Waals surface area contributed by atoms with Gasteiger partial charge in [-0.1, -0.05) is 32.0 Å². The average Bonchev–Trinajstić information content (AvgIpc) is 2.34. The number of para-hydroxylation sites is 1. The maximum Gasteiger partial charge on any atom is 0.223 e. The highest BCUT2D eigenvalue weighted by molar-refractivity contribution is 5.77. The van der Waals surface area contributed by atoms with Crippen LogP contribution in [0.4, 0.5) is 5.69 Å². The number of amides is 1. The van der Waals surface area contributed by atoms with Gasteiger partial charge in [0.05, 0.1) is 0 Å². The first-order valence-corrected chi connectivity index (χ1v) is 7.04. The summed E-state index contributed by atoms with van der Waals surface area (Å²) < 4.78 is 0. The van der Waals surface area contributed by atoms with Gasteiger partial charge < -0.3 is 10.6 Å². The Bertz CT molecular complexity index is 413. The predicted molar refractivity (Wildman–Crippen MR) is 80.9 cm³/mol. The van der Waals surface area contributed by atoms with E-state index in [1.165, 1.54) is 0 Å². The Labute approximate surface area is 116 Å². The number of rotatable bonds is 6. The molecule has 0 spiro atoms. The molecule has 0 aliphatic heterocycles. The van der Waals surface area contributed by atoms with Crippen molar-refractivity contribution in [2.75, 3.05) is 12.3 Å². The molecule has 0 saturated heterocycles. The third kappa shape index (κ3) is 4.93. The van der Waals surface area contributed by atoms with Crippen LogP contribution in [-0.2, 0) is 11.2 Å². The lowest BCUT2D eigenvalue weighted by molar-refractivity contribution is -0.133. The first kappa shape index (κ1) is 15.5. The van der Waals surface area contributed by atoms with E-state index in [1.807, 2.05) is 29.2 Å². The topological polar surface area (TPSA) is 46.3 Å². The quantitative estimate of drug-likeness (QED) is 0.801. The summed E-state index contributed by atoms with van der Waals surface area (Å²) in [5.74, 6) is 0.708. The van der Waals surface area contributed by atoms with Crippen molar-refractivity contribution in [1.82, 2.24) is 4.90 Å². The van der Waals surface area contributed by atoms with E-state index < -0.39 is 0 Å². The van der Waals surface area contributed by atoms with E-state index in [0.29, 0.717) is 18.8 Å². The number of nitrogens with two attached hydrogens (primary N) is 1. The van der Waals surface area contributed by atoms with Crippen molar-refractivity contribution < 1.29 is 4.79 Å². The van der Waals surface area contributed by atoms with E-state index in [0.717, 1.165) is 17.8 Å². The smallest absolute Gasteiger partial charge is 0.223 e. The third-order valence-electron chi connectivity index (χ3n) is 3.17. The molecular formula is C16H26N2O. The number of nitrogen functional groups attached to an aromatic ring is 1. The zero-order valence-electron chi connectivity index (χ0n) is 12.5. The van der Waals surface area contributed by atoms with Crippen LogP contribution in [0.2, 0.25) is 0 Å². The van der Waals surface area contributed by atoms with Gasteiger partial charge in [0.2, 0.25) is 5.91 Å². The van der Waals surface area contributed by atoms with E-state index in [-0.39, 0.29) is 11.9 Å². The maximum absolute atomic E-state index is 12.3. The van der Waals surface area contributed by atoms with Crippen LogP contribution in [0.15, 0.2) is 24.3 Å². The fourth-order valence-corrected chi connectivity index (χ4v) is 2.14. The molecule has 0 aliphatic rings. The molecule has 1 rings (SSSR count). The molecule has 0 atom stereocenters. The molecule has 0 saturated carbocycles. The van der Waals surface area contributed by atoms with Gasteiger partial charge in [0.1, 0.15) is 0 Å². The van der Waals surface area contributed by atoms with Crippen LogP contribution in [0.5, 0.6) is 0 Å². The van der Waals surface area contributed by atoms with E-state index in [4.69, 9.17) is 5.73 Å². The van der Waals surface area contributed by atoms with Gasteiger partial charge in [0.15, 0.2) is 0 Å². The second-order valence-electron chi connectivity index (χ2n) is 5.73. The number of carbonyl (C=O) groups excluding carboxylic acids is 1. The molecule has 1 amide bonds. The first-order valence-electron chi connectivity index (χ1n) is 7.04. The molecule has 0 aromatic heterocycles. The van der Waals surface area contributed by atoms with Crippen LogP contribution < -0.4 is 5.73 Å². The largest absolute Gasteiger partial charge is 0.399 e. The molecule has 0 unspecified atom stereocenters. The van der Waals surface area contributed by atoms with Crippen molar-refractivity contribution in [2.45, 2.75) is 46.6 Å². The lowest BCUT2D eigenvalue weighted by atomic mass is 10.1. The molecule has 0 aliphatic carbocycles. The Kier molecular flexibility index (Phi) is 5.87. The summed E-state index contributed by atoms with van der Waals surface area (Å²) in [5.41, 5.74) is 7.73. The summed E-state index contributed by atoms with van der Waals surface area (Å²) in [6, 6.07) is 8.01. The van der Waals surface area contributed by atoms with Gasteiger partial charge in [-0.3, -0.25) is 4.79 Å². The van der Waals surface area contributed by atoms with Crippen molar-refractivity contribution in [1.29, 1.82) is 0 Å². The minimum absolute atomic E-state index is 0.215. The molecule has 0 heterocycles. The summed E-state index contributed by atoms with van der Waals surface area (Å²) in [5, 5.41) is 0. The Morgan fingerprint density at radius 2 is 1.84 bits per heavy atom. The van der Waals surface area contributed by atoms with Crippen molar-refractivity contribution in [2.24, 2.45) is 5.92 Å². The van der Waals surface area contributed by atoms with Gasteiger partial charge in [0, 0.05) is 24.7 Å². The summed E-state index contributed by atoms with van der Waals surface area (Å²) >= 11 is 0. The molecule has 0 radical (unpaired) electrons. The molecule has 2 N–H and O–H groups in total. The zero-order chi connectivity index (χ0) is 14.4. The van der Waals surface area contributed by atoms with Gasteiger partial charge in [-0.25, -0.2) is 0 Å². The molecule has 3 nitrogen and oxygen atoms in total. The number of nitrogens with zero attached hydrogens (tertiary/aromatic N) is 1. The second kappa shape index (κ2) is 7.17. The zero-order valence-corrected chi connectivity index (χ0v) is 12.5. The summed E-state index contributed by atoms with van der Waals surface area (Å²) in [6.45, 7) is 9.23. The molecule has 0 fully saturated rings. The van der Waals surface area contributed by atoms with Crippen LogP contribution in [-0.4, -0.2) is 23.4 Å². The number of carbonyl (C=O) groups is 1. The fourth-order valence-electron chi connectivity index (χ4n) is 2.14. The average molecular weight is 262 g/mol. The summed E-state index contributed by atoms with van der Waals surface area (Å²) in [4.78, 5) is 14.3. The lowest BCUT2D eigenvalue weighted by Gasteiger charge is -2.28. The Balaban J connectivity index is 2.60. The molecule has 106 valence electrons. The first-order chi connectivity index (χ1) is 8.91. The number of hydrogen-bond donors (Lipinski definition) is 1. The standard InChI is InChI=1S/C16H26N2O/c1-12(2)11-18(13(3)4)16(19)10-9-14-7-5-6-8-15(14)17/h5-8,12-13H,9-11,17H2,1-4H3. The molecule has 3 heteroatoms. The number of benzene rings is 1. The lowest BCUT2D eigenvalue weighted by Crippen LogP contribution is -2.39. The predicted octanol–water partition coefficient (Wildman–Crippen LogP) is 3.09. The van der Waals surface area contributed by atoms with E-state index in [1.54, 1.807) is 0 Å². The Hall–Kier alpha value is -1.51. The maximum atomic E-state index is 12.3. The highest BCUT2D eigenvalue weighted by Crippen LogP contribution is 2.14. The Morgan fingerprint density at radius 3 is 2.37 bits per heavy atom. The van der Waals surface area contributed by atoms with Gasteiger partial charge in [-0.2, -0.15) is 0 Å². The van der Waals surface area contributed by atoms with Crippen molar-refractivity contribution >= 4 is 11.6 Å². The van der Waals surface area contributed by atoms with Crippen LogP contribution in [0.3, 0.4) is 0 Å². The summed E-state index contributed by atoms with van der Waals surface area (Å²) in [7, 11) is 0. The second-order valence-corrected chi connectivity index (χ2v) is 5.73. The van der Waals surface area contributed by atoms with Crippen LogP contribution >= 0.6 is 0 Å². The number of aryl methyl sites for hydroxylation is 1. The fraction of sp³-hybridized carbons (Fsp3) is 0.562. The minimum Gasteiger partial charge on any atom is -0.399 e. The van der Waals surface area contributed by atoms with Crippen molar-refractivity contribution in [3.8, 4) is 0 Å². The third-order valence-corrected chi connectivity index (χ3v) is 3.17.